The van der Waals surface area contributed by atoms with E-state index in [1.165, 1.54) is 6.92 Å². The zero-order valence-corrected chi connectivity index (χ0v) is 8.95. The molecule has 0 aliphatic carbocycles. The number of carbonyl (C=O) groups is 1. The van der Waals surface area contributed by atoms with Crippen molar-refractivity contribution in [3.8, 4) is 0 Å². The highest BCUT2D eigenvalue weighted by Gasteiger charge is 2.32. The second-order valence-electron chi connectivity index (χ2n) is 3.40. The quantitative estimate of drug-likeness (QED) is 0.733. The van der Waals surface area contributed by atoms with Gasteiger partial charge in [-0.1, -0.05) is 23.7 Å². The minimum atomic E-state index is -1.43. The Morgan fingerprint density at radius 3 is 2.60 bits per heavy atom. The number of hydrogen-bond donors (Lipinski definition) is 3. The SMILES string of the molecule is CC(CO)(Nc1ccccc1Cl)C(=O)O. The van der Waals surface area contributed by atoms with Crippen molar-refractivity contribution in [2.75, 3.05) is 11.9 Å². The summed E-state index contributed by atoms with van der Waals surface area (Å²) in [5.41, 5.74) is -0.941. The molecule has 0 fully saturated rings. The van der Waals surface area contributed by atoms with Crippen LogP contribution >= 0.6 is 11.6 Å². The standard InChI is InChI=1S/C10H12ClNO3/c1-10(6-13,9(14)15)12-8-5-3-2-4-7(8)11/h2-5,12-13H,6H2,1H3,(H,14,15). The number of anilines is 1. The molecule has 4 nitrogen and oxygen atoms in total. The average molecular weight is 230 g/mol. The van der Waals surface area contributed by atoms with Crippen LogP contribution in [0.5, 0.6) is 0 Å². The lowest BCUT2D eigenvalue weighted by Gasteiger charge is -2.25. The average Bonchev–Trinajstić information content (AvgIpc) is 2.21. The van der Waals surface area contributed by atoms with E-state index in [-0.39, 0.29) is 0 Å². The van der Waals surface area contributed by atoms with Crippen LogP contribution in [-0.2, 0) is 4.79 Å². The van der Waals surface area contributed by atoms with Crippen LogP contribution in [0.4, 0.5) is 5.69 Å². The molecule has 0 aliphatic rings. The summed E-state index contributed by atoms with van der Waals surface area (Å²) in [7, 11) is 0. The van der Waals surface area contributed by atoms with Gasteiger partial charge in [0.1, 0.15) is 0 Å². The Labute approximate surface area is 92.5 Å². The molecule has 0 bridgehead atoms. The largest absolute Gasteiger partial charge is 0.479 e. The van der Waals surface area contributed by atoms with Gasteiger partial charge in [-0.15, -0.1) is 0 Å². The molecule has 0 heterocycles. The maximum Gasteiger partial charge on any atom is 0.331 e. The van der Waals surface area contributed by atoms with Gasteiger partial charge >= 0.3 is 5.97 Å². The molecular weight excluding hydrogens is 218 g/mol. The van der Waals surface area contributed by atoms with Crippen LogP contribution in [0.3, 0.4) is 0 Å². The Morgan fingerprint density at radius 1 is 1.53 bits per heavy atom. The van der Waals surface area contributed by atoms with E-state index in [2.05, 4.69) is 5.32 Å². The summed E-state index contributed by atoms with van der Waals surface area (Å²) in [4.78, 5) is 10.9. The highest BCUT2D eigenvalue weighted by atomic mass is 35.5. The normalized spacial score (nSPS) is 14.3. The molecule has 1 aromatic carbocycles. The van der Waals surface area contributed by atoms with Gasteiger partial charge in [-0.2, -0.15) is 0 Å². The molecule has 1 aromatic rings. The van der Waals surface area contributed by atoms with E-state index >= 15 is 0 Å². The topological polar surface area (TPSA) is 69.6 Å². The molecule has 0 spiro atoms. The van der Waals surface area contributed by atoms with E-state index in [0.29, 0.717) is 10.7 Å². The third-order valence-electron chi connectivity index (χ3n) is 2.07. The van der Waals surface area contributed by atoms with Crippen molar-refractivity contribution in [3.63, 3.8) is 0 Å². The highest BCUT2D eigenvalue weighted by molar-refractivity contribution is 6.33. The number of nitrogens with one attached hydrogen (secondary N) is 1. The lowest BCUT2D eigenvalue weighted by atomic mass is 10.0. The zero-order valence-electron chi connectivity index (χ0n) is 8.20. The van der Waals surface area contributed by atoms with Crippen LogP contribution in [0.25, 0.3) is 0 Å². The number of benzene rings is 1. The summed E-state index contributed by atoms with van der Waals surface area (Å²) in [6.45, 7) is 0.867. The van der Waals surface area contributed by atoms with Crippen LogP contribution < -0.4 is 5.32 Å². The monoisotopic (exact) mass is 229 g/mol. The molecule has 15 heavy (non-hydrogen) atoms. The molecule has 1 atom stereocenters. The van der Waals surface area contributed by atoms with Crippen molar-refractivity contribution in [2.24, 2.45) is 0 Å². The second-order valence-corrected chi connectivity index (χ2v) is 3.81. The first-order valence-electron chi connectivity index (χ1n) is 4.36. The maximum atomic E-state index is 10.9. The van der Waals surface area contributed by atoms with Gasteiger partial charge in [0.25, 0.3) is 0 Å². The minimum absolute atomic E-state index is 0.415. The van der Waals surface area contributed by atoms with Crippen molar-refractivity contribution in [3.05, 3.63) is 29.3 Å². The lowest BCUT2D eigenvalue weighted by Crippen LogP contribution is -2.46. The van der Waals surface area contributed by atoms with Gasteiger partial charge in [0, 0.05) is 0 Å². The van der Waals surface area contributed by atoms with E-state index in [9.17, 15) is 4.79 Å². The zero-order chi connectivity index (χ0) is 11.5. The third-order valence-corrected chi connectivity index (χ3v) is 2.40. The van der Waals surface area contributed by atoms with E-state index in [4.69, 9.17) is 21.8 Å². The molecule has 0 radical (unpaired) electrons. The van der Waals surface area contributed by atoms with Gasteiger partial charge in [0.2, 0.25) is 0 Å². The van der Waals surface area contributed by atoms with Gasteiger partial charge in [0.15, 0.2) is 5.54 Å². The van der Waals surface area contributed by atoms with Gasteiger partial charge in [-0.05, 0) is 19.1 Å². The Kier molecular flexibility index (Phi) is 3.55. The van der Waals surface area contributed by atoms with E-state index in [1.807, 2.05) is 0 Å². The van der Waals surface area contributed by atoms with Crippen LogP contribution in [0.15, 0.2) is 24.3 Å². The Morgan fingerprint density at radius 2 is 2.13 bits per heavy atom. The fourth-order valence-corrected chi connectivity index (χ4v) is 1.20. The Balaban J connectivity index is 2.94. The van der Waals surface area contributed by atoms with Crippen molar-refractivity contribution in [1.82, 2.24) is 0 Å². The molecule has 3 N–H and O–H groups in total. The van der Waals surface area contributed by atoms with Crippen molar-refractivity contribution >= 4 is 23.3 Å². The fourth-order valence-electron chi connectivity index (χ4n) is 1.02. The van der Waals surface area contributed by atoms with Crippen molar-refractivity contribution < 1.29 is 15.0 Å². The minimum Gasteiger partial charge on any atom is -0.479 e. The van der Waals surface area contributed by atoms with Crippen molar-refractivity contribution in [2.45, 2.75) is 12.5 Å². The number of carboxylic acids is 1. The van der Waals surface area contributed by atoms with Crippen LogP contribution in [0, 0.1) is 0 Å². The Bertz CT molecular complexity index is 369. The van der Waals surface area contributed by atoms with Gasteiger partial charge in [0.05, 0.1) is 17.3 Å². The molecule has 1 rings (SSSR count). The summed E-state index contributed by atoms with van der Waals surface area (Å²) < 4.78 is 0. The Hall–Kier alpha value is -1.26. The molecule has 0 amide bonds. The number of carboxylic acid groups (broad SMARTS) is 1. The molecule has 0 saturated heterocycles. The number of para-hydroxylation sites is 1. The van der Waals surface area contributed by atoms with E-state index in [0.717, 1.165) is 0 Å². The lowest BCUT2D eigenvalue weighted by molar-refractivity contribution is -0.143. The number of hydrogen-bond acceptors (Lipinski definition) is 3. The first-order valence-corrected chi connectivity index (χ1v) is 4.74. The molecular formula is C10H12ClNO3. The number of aliphatic hydroxyl groups is 1. The van der Waals surface area contributed by atoms with Gasteiger partial charge in [-0.3, -0.25) is 0 Å². The summed E-state index contributed by atoms with van der Waals surface area (Å²) in [6.07, 6.45) is 0. The predicted octanol–water partition coefficient (Wildman–Crippen LogP) is 1.59. The van der Waals surface area contributed by atoms with E-state index in [1.54, 1.807) is 24.3 Å². The number of rotatable bonds is 4. The molecule has 5 heteroatoms. The second kappa shape index (κ2) is 4.51. The summed E-state index contributed by atoms with van der Waals surface area (Å²) in [6, 6.07) is 6.77. The number of aliphatic hydroxyl groups excluding tert-OH is 1. The van der Waals surface area contributed by atoms with Crippen molar-refractivity contribution in [1.29, 1.82) is 0 Å². The summed E-state index contributed by atoms with van der Waals surface area (Å²) >= 11 is 5.85. The predicted molar refractivity (Wildman–Crippen MR) is 58.2 cm³/mol. The smallest absolute Gasteiger partial charge is 0.331 e. The van der Waals surface area contributed by atoms with Gasteiger partial charge in [-0.25, -0.2) is 4.79 Å². The highest BCUT2D eigenvalue weighted by Crippen LogP contribution is 2.24. The molecule has 0 aromatic heterocycles. The van der Waals surface area contributed by atoms with E-state index < -0.39 is 18.1 Å². The van der Waals surface area contributed by atoms with Crippen LogP contribution in [-0.4, -0.2) is 28.3 Å². The third kappa shape index (κ3) is 2.61. The van der Waals surface area contributed by atoms with Crippen LogP contribution in [0.2, 0.25) is 5.02 Å². The first-order chi connectivity index (χ1) is 6.99. The summed E-state index contributed by atoms with van der Waals surface area (Å²) in [5, 5.41) is 21.0. The first kappa shape index (κ1) is 11.8. The molecule has 0 aliphatic heterocycles. The molecule has 82 valence electrons. The maximum absolute atomic E-state index is 10.9. The number of aliphatic carboxylic acids is 1. The fraction of sp³-hybridized carbons (Fsp3) is 0.300. The number of halogens is 1. The van der Waals surface area contributed by atoms with Crippen LogP contribution in [0.1, 0.15) is 6.92 Å². The van der Waals surface area contributed by atoms with Gasteiger partial charge < -0.3 is 15.5 Å². The summed E-state index contributed by atoms with van der Waals surface area (Å²) in [5.74, 6) is -1.13. The molecule has 1 unspecified atom stereocenters. The molecule has 0 saturated carbocycles.